The van der Waals surface area contributed by atoms with Crippen molar-refractivity contribution in [2.75, 3.05) is 11.9 Å². The van der Waals surface area contributed by atoms with Crippen LogP contribution in [0.3, 0.4) is 0 Å². The summed E-state index contributed by atoms with van der Waals surface area (Å²) in [6.07, 6.45) is 0. The summed E-state index contributed by atoms with van der Waals surface area (Å²) in [5.74, 6) is -0.357. The smallest absolute Gasteiger partial charge is 0.125 e. The molecule has 106 valence electrons. The molecule has 0 aliphatic carbocycles. The highest BCUT2D eigenvalue weighted by molar-refractivity contribution is 6.31. The summed E-state index contributed by atoms with van der Waals surface area (Å²) in [7, 11) is 1.88. The van der Waals surface area contributed by atoms with Gasteiger partial charge in [0.1, 0.15) is 5.82 Å². The maximum absolute atomic E-state index is 13.6. The first kappa shape index (κ1) is 14.8. The zero-order valence-corrected chi connectivity index (χ0v) is 12.2. The van der Waals surface area contributed by atoms with Gasteiger partial charge in [-0.15, -0.1) is 0 Å². The molecular weight excluding hydrogens is 277 g/mol. The molecule has 2 aromatic rings. The van der Waals surface area contributed by atoms with E-state index in [2.05, 4.69) is 0 Å². The molecule has 4 heteroatoms. The third-order valence-electron chi connectivity index (χ3n) is 3.47. The van der Waals surface area contributed by atoms with Crippen molar-refractivity contribution in [3.8, 4) is 0 Å². The number of aliphatic hydroxyl groups is 1. The Morgan fingerprint density at radius 1 is 1.25 bits per heavy atom. The van der Waals surface area contributed by atoms with E-state index >= 15 is 0 Å². The normalized spacial score (nSPS) is 12.2. The summed E-state index contributed by atoms with van der Waals surface area (Å²) < 4.78 is 13.6. The Kier molecular flexibility index (Phi) is 4.63. The minimum absolute atomic E-state index is 0.00274. The van der Waals surface area contributed by atoms with Crippen LogP contribution in [0.25, 0.3) is 0 Å². The molecule has 20 heavy (non-hydrogen) atoms. The second-order valence-electron chi connectivity index (χ2n) is 4.78. The molecule has 0 radical (unpaired) electrons. The van der Waals surface area contributed by atoms with E-state index in [1.807, 2.05) is 43.1 Å². The fourth-order valence-electron chi connectivity index (χ4n) is 2.17. The minimum Gasteiger partial charge on any atom is -0.392 e. The Bertz CT molecular complexity index is 603. The summed E-state index contributed by atoms with van der Waals surface area (Å²) in [4.78, 5) is 1.93. The Balaban J connectivity index is 2.33. The first-order valence-electron chi connectivity index (χ1n) is 6.40. The molecule has 1 N–H and O–H groups in total. The van der Waals surface area contributed by atoms with Crippen molar-refractivity contribution in [3.05, 3.63) is 64.4 Å². The Labute approximate surface area is 123 Å². The molecule has 1 atom stereocenters. The van der Waals surface area contributed by atoms with Gasteiger partial charge >= 0.3 is 0 Å². The van der Waals surface area contributed by atoms with Crippen LogP contribution in [0.5, 0.6) is 0 Å². The molecule has 0 fully saturated rings. The number of hydrogen-bond donors (Lipinski definition) is 1. The molecule has 0 spiro atoms. The summed E-state index contributed by atoms with van der Waals surface area (Å²) in [6, 6.07) is 12.2. The van der Waals surface area contributed by atoms with E-state index in [1.165, 1.54) is 12.1 Å². The van der Waals surface area contributed by atoms with E-state index in [0.29, 0.717) is 16.3 Å². The third kappa shape index (κ3) is 3.11. The quantitative estimate of drug-likeness (QED) is 0.914. The molecule has 2 rings (SSSR count). The van der Waals surface area contributed by atoms with Crippen molar-refractivity contribution in [2.24, 2.45) is 0 Å². The van der Waals surface area contributed by atoms with Crippen LogP contribution in [0.4, 0.5) is 10.1 Å². The topological polar surface area (TPSA) is 23.5 Å². The molecule has 0 aromatic heterocycles. The molecule has 0 aliphatic heterocycles. The lowest BCUT2D eigenvalue weighted by Crippen LogP contribution is -2.22. The molecule has 0 saturated heterocycles. The number of halogens is 2. The Morgan fingerprint density at radius 3 is 2.60 bits per heavy atom. The van der Waals surface area contributed by atoms with Gasteiger partial charge < -0.3 is 10.0 Å². The van der Waals surface area contributed by atoms with E-state index in [4.69, 9.17) is 16.7 Å². The highest BCUT2D eigenvalue weighted by Gasteiger charge is 2.16. The highest BCUT2D eigenvalue weighted by atomic mass is 35.5. The predicted octanol–water partition coefficient (Wildman–Crippen LogP) is 4.17. The van der Waals surface area contributed by atoms with Gasteiger partial charge in [0.05, 0.1) is 12.6 Å². The zero-order chi connectivity index (χ0) is 14.7. The molecule has 0 aliphatic rings. The van der Waals surface area contributed by atoms with Gasteiger partial charge in [-0.25, -0.2) is 4.39 Å². The lowest BCUT2D eigenvalue weighted by Gasteiger charge is -2.28. The van der Waals surface area contributed by atoms with Crippen molar-refractivity contribution in [1.82, 2.24) is 0 Å². The van der Waals surface area contributed by atoms with Gasteiger partial charge in [0, 0.05) is 17.8 Å². The summed E-state index contributed by atoms with van der Waals surface area (Å²) in [6.45, 7) is 1.82. The zero-order valence-electron chi connectivity index (χ0n) is 11.5. The second-order valence-corrected chi connectivity index (χ2v) is 5.19. The maximum Gasteiger partial charge on any atom is 0.125 e. The van der Waals surface area contributed by atoms with Crippen LogP contribution < -0.4 is 4.90 Å². The fraction of sp³-hybridized carbons (Fsp3) is 0.250. The van der Waals surface area contributed by atoms with Crippen molar-refractivity contribution in [2.45, 2.75) is 19.6 Å². The second kappa shape index (κ2) is 6.25. The number of aliphatic hydroxyl groups excluding tert-OH is 1. The molecular formula is C16H17ClFNO. The first-order valence-corrected chi connectivity index (χ1v) is 6.78. The van der Waals surface area contributed by atoms with Gasteiger partial charge in [-0.3, -0.25) is 0 Å². The first-order chi connectivity index (χ1) is 9.52. The van der Waals surface area contributed by atoms with E-state index in [-0.39, 0.29) is 18.5 Å². The van der Waals surface area contributed by atoms with Gasteiger partial charge in [0.2, 0.25) is 0 Å². The lowest BCUT2D eigenvalue weighted by molar-refractivity contribution is 0.281. The highest BCUT2D eigenvalue weighted by Crippen LogP contribution is 2.30. The third-order valence-corrected chi connectivity index (χ3v) is 3.81. The van der Waals surface area contributed by atoms with Crippen molar-refractivity contribution in [1.29, 1.82) is 0 Å². The molecule has 2 nitrogen and oxygen atoms in total. The average Bonchev–Trinajstić information content (AvgIpc) is 2.45. The molecule has 1 unspecified atom stereocenters. The van der Waals surface area contributed by atoms with Crippen molar-refractivity contribution < 1.29 is 9.50 Å². The monoisotopic (exact) mass is 293 g/mol. The lowest BCUT2D eigenvalue weighted by atomic mass is 10.1. The molecule has 0 saturated carbocycles. The average molecular weight is 294 g/mol. The van der Waals surface area contributed by atoms with E-state index in [1.54, 1.807) is 6.07 Å². The van der Waals surface area contributed by atoms with Gasteiger partial charge in [-0.2, -0.15) is 0 Å². The molecule has 0 bridgehead atoms. The summed E-state index contributed by atoms with van der Waals surface area (Å²) in [5, 5.41) is 9.85. The number of anilines is 1. The fourth-order valence-corrected chi connectivity index (χ4v) is 2.47. The number of hydrogen-bond acceptors (Lipinski definition) is 2. The standard InChI is InChI=1S/C16H17ClFNO/c1-11(15-5-3-4-6-16(15)17)19(2)14-8-12(10-20)7-13(18)9-14/h3-9,11,20H,10H2,1-2H3. The number of nitrogens with zero attached hydrogens (tertiary/aromatic N) is 1. The van der Waals surface area contributed by atoms with Gasteiger partial charge in [-0.1, -0.05) is 29.8 Å². The molecule has 0 amide bonds. The van der Waals surface area contributed by atoms with Crippen LogP contribution in [-0.2, 0) is 6.61 Å². The van der Waals surface area contributed by atoms with Crippen LogP contribution in [0.15, 0.2) is 42.5 Å². The Morgan fingerprint density at radius 2 is 1.95 bits per heavy atom. The number of benzene rings is 2. The number of rotatable bonds is 4. The van der Waals surface area contributed by atoms with Crippen molar-refractivity contribution in [3.63, 3.8) is 0 Å². The maximum atomic E-state index is 13.6. The molecule has 2 aromatic carbocycles. The van der Waals surface area contributed by atoms with Crippen LogP contribution >= 0.6 is 11.6 Å². The van der Waals surface area contributed by atoms with Crippen LogP contribution in [0.2, 0.25) is 5.02 Å². The summed E-state index contributed by atoms with van der Waals surface area (Å²) in [5.41, 5.74) is 2.24. The van der Waals surface area contributed by atoms with E-state index in [0.717, 1.165) is 5.56 Å². The SMILES string of the molecule is CC(c1ccccc1Cl)N(C)c1cc(F)cc(CO)c1. The van der Waals surface area contributed by atoms with E-state index in [9.17, 15) is 4.39 Å². The minimum atomic E-state index is -0.357. The largest absolute Gasteiger partial charge is 0.392 e. The van der Waals surface area contributed by atoms with Crippen LogP contribution in [-0.4, -0.2) is 12.2 Å². The predicted molar refractivity (Wildman–Crippen MR) is 80.6 cm³/mol. The van der Waals surface area contributed by atoms with Crippen LogP contribution in [0, 0.1) is 5.82 Å². The molecule has 0 heterocycles. The van der Waals surface area contributed by atoms with Gasteiger partial charge in [0.15, 0.2) is 0 Å². The van der Waals surface area contributed by atoms with Gasteiger partial charge in [0.25, 0.3) is 0 Å². The van der Waals surface area contributed by atoms with Crippen LogP contribution in [0.1, 0.15) is 24.1 Å². The van der Waals surface area contributed by atoms with Gasteiger partial charge in [-0.05, 0) is 42.3 Å². The Hall–Kier alpha value is -1.58. The summed E-state index contributed by atoms with van der Waals surface area (Å²) >= 11 is 6.20. The van der Waals surface area contributed by atoms with E-state index < -0.39 is 0 Å². The van der Waals surface area contributed by atoms with Crippen molar-refractivity contribution >= 4 is 17.3 Å².